The molecule has 11 heavy (non-hydrogen) atoms. The lowest BCUT2D eigenvalue weighted by Gasteiger charge is -2.15. The van der Waals surface area contributed by atoms with Gasteiger partial charge in [0.1, 0.15) is 0 Å². The van der Waals surface area contributed by atoms with Crippen molar-refractivity contribution < 1.29 is 0 Å². The molecule has 0 aromatic carbocycles. The van der Waals surface area contributed by atoms with Crippen molar-refractivity contribution in [3.63, 3.8) is 0 Å². The first kappa shape index (κ1) is 9.05. The zero-order valence-electron chi connectivity index (χ0n) is 7.68. The monoisotopic (exact) mass is 155 g/mol. The highest BCUT2D eigenvalue weighted by molar-refractivity contribution is 4.68. The molecule has 1 atom stereocenters. The Kier molecular flexibility index (Phi) is 3.92. The standard InChI is InChI=1S/C10H21N/c1-9(11)8-10-6-4-2-3-5-7-10/h9-10H,2-8,11H2,1H3. The molecule has 1 saturated carbocycles. The van der Waals surface area contributed by atoms with E-state index < -0.39 is 0 Å². The molecular weight excluding hydrogens is 134 g/mol. The molecule has 1 nitrogen and oxygen atoms in total. The summed E-state index contributed by atoms with van der Waals surface area (Å²) in [6.07, 6.45) is 9.91. The van der Waals surface area contributed by atoms with Gasteiger partial charge in [0.15, 0.2) is 0 Å². The maximum absolute atomic E-state index is 5.77. The molecule has 0 spiro atoms. The lowest BCUT2D eigenvalue weighted by molar-refractivity contribution is 0.399. The van der Waals surface area contributed by atoms with Gasteiger partial charge in [0.2, 0.25) is 0 Å². The van der Waals surface area contributed by atoms with Crippen LogP contribution in [0.5, 0.6) is 0 Å². The van der Waals surface area contributed by atoms with Crippen LogP contribution in [-0.4, -0.2) is 6.04 Å². The van der Waals surface area contributed by atoms with Gasteiger partial charge in [0.05, 0.1) is 0 Å². The molecule has 0 aromatic heterocycles. The van der Waals surface area contributed by atoms with Crippen molar-refractivity contribution in [1.82, 2.24) is 0 Å². The average Bonchev–Trinajstić information content (AvgIpc) is 2.14. The van der Waals surface area contributed by atoms with Crippen molar-refractivity contribution in [1.29, 1.82) is 0 Å². The predicted octanol–water partition coefficient (Wildman–Crippen LogP) is 2.69. The summed E-state index contributed by atoms with van der Waals surface area (Å²) in [4.78, 5) is 0. The topological polar surface area (TPSA) is 26.0 Å². The summed E-state index contributed by atoms with van der Waals surface area (Å²) in [6.45, 7) is 2.13. The van der Waals surface area contributed by atoms with E-state index in [0.29, 0.717) is 6.04 Å². The van der Waals surface area contributed by atoms with Gasteiger partial charge in [-0.1, -0.05) is 38.5 Å². The normalized spacial score (nSPS) is 24.5. The quantitative estimate of drug-likeness (QED) is 0.610. The fraction of sp³-hybridized carbons (Fsp3) is 1.00. The molecule has 0 heterocycles. The molecule has 0 saturated heterocycles. The lowest BCUT2D eigenvalue weighted by atomic mass is 9.94. The molecule has 1 rings (SSSR count). The summed E-state index contributed by atoms with van der Waals surface area (Å²) in [6, 6.07) is 0.415. The minimum Gasteiger partial charge on any atom is -0.328 e. The Bertz CT molecular complexity index is 91.0. The molecule has 1 fully saturated rings. The highest BCUT2D eigenvalue weighted by Gasteiger charge is 2.12. The van der Waals surface area contributed by atoms with Gasteiger partial charge in [-0.2, -0.15) is 0 Å². The third-order valence-electron chi connectivity index (χ3n) is 2.68. The Labute approximate surface area is 70.4 Å². The van der Waals surface area contributed by atoms with Crippen LogP contribution in [0.4, 0.5) is 0 Å². The summed E-state index contributed by atoms with van der Waals surface area (Å²) in [5.74, 6) is 0.942. The van der Waals surface area contributed by atoms with Crippen LogP contribution >= 0.6 is 0 Å². The lowest BCUT2D eigenvalue weighted by Crippen LogP contribution is -2.19. The van der Waals surface area contributed by atoms with Crippen molar-refractivity contribution in [3.8, 4) is 0 Å². The molecule has 1 aliphatic rings. The van der Waals surface area contributed by atoms with E-state index in [1.807, 2.05) is 0 Å². The van der Waals surface area contributed by atoms with Crippen molar-refractivity contribution in [2.24, 2.45) is 11.7 Å². The van der Waals surface area contributed by atoms with E-state index in [2.05, 4.69) is 6.92 Å². The van der Waals surface area contributed by atoms with Gasteiger partial charge in [0, 0.05) is 6.04 Å². The number of nitrogens with two attached hydrogens (primary N) is 1. The SMILES string of the molecule is CC(N)CC1CCCCCC1. The molecular formula is C10H21N. The van der Waals surface area contributed by atoms with E-state index >= 15 is 0 Å². The van der Waals surface area contributed by atoms with Gasteiger partial charge >= 0.3 is 0 Å². The summed E-state index contributed by atoms with van der Waals surface area (Å²) >= 11 is 0. The summed E-state index contributed by atoms with van der Waals surface area (Å²) < 4.78 is 0. The van der Waals surface area contributed by atoms with E-state index in [0.717, 1.165) is 5.92 Å². The maximum atomic E-state index is 5.77. The Balaban J connectivity index is 2.20. The maximum Gasteiger partial charge on any atom is 0.00131 e. The third-order valence-corrected chi connectivity index (χ3v) is 2.68. The fourth-order valence-electron chi connectivity index (χ4n) is 2.13. The van der Waals surface area contributed by atoms with Crippen LogP contribution in [0.25, 0.3) is 0 Å². The van der Waals surface area contributed by atoms with E-state index in [4.69, 9.17) is 5.73 Å². The smallest absolute Gasteiger partial charge is 0.00131 e. The second kappa shape index (κ2) is 4.76. The molecule has 0 aromatic rings. The van der Waals surface area contributed by atoms with E-state index in [9.17, 15) is 0 Å². The molecule has 1 heteroatoms. The molecule has 66 valence electrons. The minimum absolute atomic E-state index is 0.415. The number of hydrogen-bond acceptors (Lipinski definition) is 1. The largest absolute Gasteiger partial charge is 0.328 e. The summed E-state index contributed by atoms with van der Waals surface area (Å²) in [5, 5.41) is 0. The van der Waals surface area contributed by atoms with Crippen LogP contribution in [0.2, 0.25) is 0 Å². The van der Waals surface area contributed by atoms with E-state index in [1.54, 1.807) is 0 Å². The van der Waals surface area contributed by atoms with Gasteiger partial charge in [-0.25, -0.2) is 0 Å². The number of hydrogen-bond donors (Lipinski definition) is 1. The van der Waals surface area contributed by atoms with Crippen LogP contribution < -0.4 is 5.73 Å². The van der Waals surface area contributed by atoms with Crippen LogP contribution in [0.3, 0.4) is 0 Å². The molecule has 1 aliphatic carbocycles. The van der Waals surface area contributed by atoms with Crippen molar-refractivity contribution in [2.75, 3.05) is 0 Å². The summed E-state index contributed by atoms with van der Waals surface area (Å²) in [7, 11) is 0. The highest BCUT2D eigenvalue weighted by atomic mass is 14.6. The second-order valence-electron chi connectivity index (χ2n) is 4.07. The van der Waals surface area contributed by atoms with Crippen molar-refractivity contribution >= 4 is 0 Å². The van der Waals surface area contributed by atoms with Gasteiger partial charge in [-0.05, 0) is 19.3 Å². The second-order valence-corrected chi connectivity index (χ2v) is 4.07. The molecule has 0 amide bonds. The van der Waals surface area contributed by atoms with Crippen molar-refractivity contribution in [2.45, 2.75) is 57.9 Å². The Morgan fingerprint density at radius 1 is 1.18 bits per heavy atom. The van der Waals surface area contributed by atoms with Gasteiger partial charge < -0.3 is 5.73 Å². The summed E-state index contributed by atoms with van der Waals surface area (Å²) in [5.41, 5.74) is 5.77. The van der Waals surface area contributed by atoms with Gasteiger partial charge in [0.25, 0.3) is 0 Å². The first-order chi connectivity index (χ1) is 5.29. The van der Waals surface area contributed by atoms with E-state index in [-0.39, 0.29) is 0 Å². The fourth-order valence-corrected chi connectivity index (χ4v) is 2.13. The van der Waals surface area contributed by atoms with Crippen LogP contribution in [0, 0.1) is 5.92 Å². The Hall–Kier alpha value is -0.0400. The first-order valence-corrected chi connectivity index (χ1v) is 5.04. The number of rotatable bonds is 2. The van der Waals surface area contributed by atoms with Crippen LogP contribution in [0.15, 0.2) is 0 Å². The van der Waals surface area contributed by atoms with Gasteiger partial charge in [-0.15, -0.1) is 0 Å². The van der Waals surface area contributed by atoms with Crippen molar-refractivity contribution in [3.05, 3.63) is 0 Å². The third kappa shape index (κ3) is 3.76. The molecule has 0 bridgehead atoms. The average molecular weight is 155 g/mol. The molecule has 0 aliphatic heterocycles. The van der Waals surface area contributed by atoms with Crippen LogP contribution in [0.1, 0.15) is 51.9 Å². The van der Waals surface area contributed by atoms with Crippen LogP contribution in [-0.2, 0) is 0 Å². The zero-order valence-corrected chi connectivity index (χ0v) is 7.68. The molecule has 2 N–H and O–H groups in total. The Morgan fingerprint density at radius 3 is 2.18 bits per heavy atom. The minimum atomic E-state index is 0.415. The molecule has 0 radical (unpaired) electrons. The van der Waals surface area contributed by atoms with E-state index in [1.165, 1.54) is 44.9 Å². The highest BCUT2D eigenvalue weighted by Crippen LogP contribution is 2.25. The molecule has 1 unspecified atom stereocenters. The predicted molar refractivity (Wildman–Crippen MR) is 49.5 cm³/mol. The zero-order chi connectivity index (χ0) is 8.10. The first-order valence-electron chi connectivity index (χ1n) is 5.04. The van der Waals surface area contributed by atoms with Gasteiger partial charge in [-0.3, -0.25) is 0 Å². The Morgan fingerprint density at radius 2 is 1.73 bits per heavy atom.